The van der Waals surface area contributed by atoms with Crippen molar-refractivity contribution in [2.45, 2.75) is 20.5 Å². The fraction of sp³-hybridized carbons (Fsp3) is 0.174. The van der Waals surface area contributed by atoms with Crippen LogP contribution in [-0.4, -0.2) is 28.4 Å². The van der Waals surface area contributed by atoms with Crippen LogP contribution < -0.4 is 10.1 Å². The predicted octanol–water partition coefficient (Wildman–Crippen LogP) is 3.70. The second-order valence-corrected chi connectivity index (χ2v) is 7.17. The van der Waals surface area contributed by atoms with Gasteiger partial charge >= 0.3 is 0 Å². The van der Waals surface area contributed by atoms with Crippen molar-refractivity contribution in [3.05, 3.63) is 82.9 Å². The van der Waals surface area contributed by atoms with E-state index in [0.717, 1.165) is 28.0 Å². The Morgan fingerprint density at radius 1 is 1.14 bits per heavy atom. The van der Waals surface area contributed by atoms with Crippen molar-refractivity contribution in [3.8, 4) is 5.75 Å². The van der Waals surface area contributed by atoms with Gasteiger partial charge in [-0.15, -0.1) is 6.58 Å². The molecule has 0 atom stereocenters. The minimum absolute atomic E-state index is 0.0391. The molecule has 2 amide bonds. The van der Waals surface area contributed by atoms with Gasteiger partial charge in [-0.1, -0.05) is 36.4 Å². The van der Waals surface area contributed by atoms with Crippen molar-refractivity contribution in [3.63, 3.8) is 0 Å². The lowest BCUT2D eigenvalue weighted by molar-refractivity contribution is -0.128. The second-order valence-electron chi connectivity index (χ2n) is 6.78. The minimum atomic E-state index is -0.500. The van der Waals surface area contributed by atoms with Gasteiger partial charge in [0.05, 0.1) is 0 Å². The molecule has 29 heavy (non-hydrogen) atoms. The van der Waals surface area contributed by atoms with Crippen LogP contribution in [0, 0.1) is 13.8 Å². The molecule has 2 aromatic rings. The van der Waals surface area contributed by atoms with E-state index in [-0.39, 0.29) is 17.2 Å². The van der Waals surface area contributed by atoms with Gasteiger partial charge in [-0.3, -0.25) is 19.8 Å². The zero-order chi connectivity index (χ0) is 21.0. The van der Waals surface area contributed by atoms with Crippen LogP contribution in [0.4, 0.5) is 0 Å². The number of hydrogen-bond donors (Lipinski definition) is 1. The molecule has 1 aliphatic heterocycles. The number of carbonyl (C=O) groups excluding carboxylic acids is 2. The molecular formula is C23H22N2O3S. The van der Waals surface area contributed by atoms with Gasteiger partial charge in [0.15, 0.2) is 5.11 Å². The van der Waals surface area contributed by atoms with Gasteiger partial charge in [0.2, 0.25) is 0 Å². The van der Waals surface area contributed by atoms with Crippen LogP contribution in [0.5, 0.6) is 5.75 Å². The van der Waals surface area contributed by atoms with Crippen LogP contribution in [0.2, 0.25) is 0 Å². The van der Waals surface area contributed by atoms with E-state index >= 15 is 0 Å². The monoisotopic (exact) mass is 406 g/mol. The predicted molar refractivity (Wildman–Crippen MR) is 117 cm³/mol. The maximum Gasteiger partial charge on any atom is 0.265 e. The van der Waals surface area contributed by atoms with Crippen LogP contribution in [-0.2, 0) is 16.2 Å². The van der Waals surface area contributed by atoms with Gasteiger partial charge in [-0.05, 0) is 66.5 Å². The number of rotatable bonds is 6. The minimum Gasteiger partial charge on any atom is -0.488 e. The second kappa shape index (κ2) is 8.84. The van der Waals surface area contributed by atoms with Gasteiger partial charge in [-0.2, -0.15) is 0 Å². The van der Waals surface area contributed by atoms with Gasteiger partial charge in [0.1, 0.15) is 17.9 Å². The fourth-order valence-electron chi connectivity index (χ4n) is 3.18. The summed E-state index contributed by atoms with van der Waals surface area (Å²) in [4.78, 5) is 26.3. The normalized spacial score (nSPS) is 15.4. The molecule has 1 aliphatic rings. The number of aryl methyl sites for hydroxylation is 2. The Balaban J connectivity index is 1.85. The molecule has 1 fully saturated rings. The first-order valence-corrected chi connectivity index (χ1v) is 9.59. The molecule has 1 N–H and O–H groups in total. The third-order valence-electron chi connectivity index (χ3n) is 4.52. The lowest BCUT2D eigenvalue weighted by Gasteiger charge is -2.27. The first-order chi connectivity index (χ1) is 13.9. The molecule has 2 aromatic carbocycles. The Hall–Kier alpha value is -3.25. The Morgan fingerprint density at radius 2 is 1.79 bits per heavy atom. The molecule has 5 nitrogen and oxygen atoms in total. The molecule has 0 spiro atoms. The molecule has 1 heterocycles. The highest BCUT2D eigenvalue weighted by molar-refractivity contribution is 7.80. The largest absolute Gasteiger partial charge is 0.488 e. The molecule has 148 valence electrons. The number of amides is 2. The SMILES string of the molecule is C=CCN1C(=O)C(=Cc2cc(C)c(OCc3ccccc3)c(C)c2)C(=O)NC1=S. The van der Waals surface area contributed by atoms with Crippen LogP contribution in [0.15, 0.2) is 60.7 Å². The first-order valence-electron chi connectivity index (χ1n) is 9.18. The number of ether oxygens (including phenoxy) is 1. The van der Waals surface area contributed by atoms with Crippen LogP contribution in [0.25, 0.3) is 6.08 Å². The maximum atomic E-state index is 12.7. The average Bonchev–Trinajstić information content (AvgIpc) is 2.68. The average molecular weight is 407 g/mol. The van der Waals surface area contributed by atoms with Crippen LogP contribution >= 0.6 is 12.2 Å². The van der Waals surface area contributed by atoms with E-state index in [1.165, 1.54) is 4.90 Å². The van der Waals surface area contributed by atoms with Crippen molar-refractivity contribution in [1.29, 1.82) is 0 Å². The summed E-state index contributed by atoms with van der Waals surface area (Å²) in [6.45, 7) is 8.21. The molecule has 0 aromatic heterocycles. The molecule has 0 radical (unpaired) electrons. The molecule has 0 aliphatic carbocycles. The number of nitrogens with one attached hydrogen (secondary N) is 1. The van der Waals surface area contributed by atoms with E-state index in [9.17, 15) is 9.59 Å². The van der Waals surface area contributed by atoms with E-state index in [0.29, 0.717) is 6.61 Å². The highest BCUT2D eigenvalue weighted by Crippen LogP contribution is 2.27. The molecule has 1 saturated heterocycles. The smallest absolute Gasteiger partial charge is 0.265 e. The van der Waals surface area contributed by atoms with Gasteiger partial charge in [0, 0.05) is 6.54 Å². The highest BCUT2D eigenvalue weighted by Gasteiger charge is 2.32. The van der Waals surface area contributed by atoms with E-state index < -0.39 is 11.8 Å². The highest BCUT2D eigenvalue weighted by atomic mass is 32.1. The fourth-order valence-corrected chi connectivity index (χ4v) is 3.43. The van der Waals surface area contributed by atoms with E-state index in [4.69, 9.17) is 17.0 Å². The Kier molecular flexibility index (Phi) is 6.24. The maximum absolute atomic E-state index is 12.7. The summed E-state index contributed by atoms with van der Waals surface area (Å²) in [5, 5.41) is 2.64. The van der Waals surface area contributed by atoms with Gasteiger partial charge in [0.25, 0.3) is 11.8 Å². The number of thiocarbonyl (C=S) groups is 1. The topological polar surface area (TPSA) is 58.6 Å². The Morgan fingerprint density at radius 3 is 2.41 bits per heavy atom. The van der Waals surface area contributed by atoms with Crippen molar-refractivity contribution < 1.29 is 14.3 Å². The summed E-state index contributed by atoms with van der Waals surface area (Å²) in [5.41, 5.74) is 3.72. The van der Waals surface area contributed by atoms with Crippen molar-refractivity contribution in [2.75, 3.05) is 6.54 Å². The lowest BCUT2D eigenvalue weighted by atomic mass is 10.0. The molecule has 3 rings (SSSR count). The Bertz CT molecular complexity index is 989. The summed E-state index contributed by atoms with van der Waals surface area (Å²) in [5.74, 6) is -0.136. The number of hydrogen-bond acceptors (Lipinski definition) is 4. The summed E-state index contributed by atoms with van der Waals surface area (Å²) in [7, 11) is 0. The summed E-state index contributed by atoms with van der Waals surface area (Å²) in [6, 6.07) is 13.7. The van der Waals surface area contributed by atoms with Crippen molar-refractivity contribution in [2.24, 2.45) is 0 Å². The van der Waals surface area contributed by atoms with E-state index in [2.05, 4.69) is 11.9 Å². The Labute approximate surface area is 175 Å². The number of nitrogens with zero attached hydrogens (tertiary/aromatic N) is 1. The third-order valence-corrected chi connectivity index (χ3v) is 4.84. The quantitative estimate of drug-likeness (QED) is 0.344. The van der Waals surface area contributed by atoms with Gasteiger partial charge < -0.3 is 4.74 Å². The van der Waals surface area contributed by atoms with Gasteiger partial charge in [-0.25, -0.2) is 0 Å². The first kappa shape index (κ1) is 20.5. The summed E-state index contributed by atoms with van der Waals surface area (Å²) in [6.07, 6.45) is 3.14. The third kappa shape index (κ3) is 4.60. The molecule has 0 unspecified atom stereocenters. The summed E-state index contributed by atoms with van der Waals surface area (Å²) >= 11 is 5.07. The van der Waals surface area contributed by atoms with E-state index in [1.807, 2.05) is 56.3 Å². The number of benzene rings is 2. The van der Waals surface area contributed by atoms with Crippen molar-refractivity contribution in [1.82, 2.24) is 10.2 Å². The molecule has 6 heteroatoms. The van der Waals surface area contributed by atoms with E-state index in [1.54, 1.807) is 12.2 Å². The van der Waals surface area contributed by atoms with Crippen LogP contribution in [0.3, 0.4) is 0 Å². The molecule has 0 saturated carbocycles. The summed E-state index contributed by atoms with van der Waals surface area (Å²) < 4.78 is 6.00. The standard InChI is InChI=1S/C23H22N2O3S/c1-4-10-25-22(27)19(21(26)24-23(25)29)13-18-11-15(2)20(16(3)12-18)28-14-17-8-6-5-7-9-17/h4-9,11-13H,1,10,14H2,2-3H3,(H,24,26,29). The zero-order valence-corrected chi connectivity index (χ0v) is 17.2. The lowest BCUT2D eigenvalue weighted by Crippen LogP contribution is -2.53. The number of carbonyl (C=O) groups is 2. The van der Waals surface area contributed by atoms with Crippen LogP contribution in [0.1, 0.15) is 22.3 Å². The molecule has 0 bridgehead atoms. The van der Waals surface area contributed by atoms with Crippen molar-refractivity contribution >= 4 is 35.2 Å². The molecular weight excluding hydrogens is 384 g/mol. The zero-order valence-electron chi connectivity index (χ0n) is 16.4.